The summed E-state index contributed by atoms with van der Waals surface area (Å²) in [4.78, 5) is 13.0. The molecule has 0 unspecified atom stereocenters. The van der Waals surface area contributed by atoms with Crippen LogP contribution in [0.4, 0.5) is 13.2 Å². The van der Waals surface area contributed by atoms with Gasteiger partial charge in [0.05, 0.1) is 42.4 Å². The van der Waals surface area contributed by atoms with E-state index < -0.39 is 29.8 Å². The van der Waals surface area contributed by atoms with Gasteiger partial charge in [-0.3, -0.25) is 9.89 Å². The fourth-order valence-electron chi connectivity index (χ4n) is 3.24. The average Bonchev–Trinajstić information content (AvgIpc) is 3.31. The second-order valence-corrected chi connectivity index (χ2v) is 7.19. The molecule has 1 aromatic heterocycles. The van der Waals surface area contributed by atoms with Crippen LogP contribution >= 0.6 is 0 Å². The first-order valence-corrected chi connectivity index (χ1v) is 10.2. The highest BCUT2D eigenvalue weighted by Gasteiger charge is 2.26. The molecule has 2 atom stereocenters. The number of rotatable bonds is 11. The van der Waals surface area contributed by atoms with E-state index in [9.17, 15) is 18.0 Å². The first-order valence-electron chi connectivity index (χ1n) is 10.2. The molecule has 2 aromatic carbocycles. The summed E-state index contributed by atoms with van der Waals surface area (Å²) in [5.41, 5.74) is 3.73. The second-order valence-electron chi connectivity index (χ2n) is 7.19. The molecule has 0 aliphatic heterocycles. The number of hydrazone groups is 1. The van der Waals surface area contributed by atoms with Crippen molar-refractivity contribution in [1.82, 2.24) is 20.9 Å². The van der Waals surface area contributed by atoms with Crippen molar-refractivity contribution in [2.24, 2.45) is 5.10 Å². The Morgan fingerprint density at radius 3 is 2.74 bits per heavy atom. The SMILES string of the molecule is COC[C@H](F)[C@@H](CN/N=C\C=N)NC(=O)c1cccc(F)c1-c1cc(-c2ccc(F)cc2)n[nH]1. The minimum atomic E-state index is -1.58. The first-order chi connectivity index (χ1) is 16.4. The molecule has 0 radical (unpaired) electrons. The minimum Gasteiger partial charge on any atom is -0.382 e. The molecule has 3 rings (SSSR count). The van der Waals surface area contributed by atoms with Gasteiger partial charge in [0.1, 0.15) is 17.8 Å². The normalized spacial score (nSPS) is 12.9. The number of hydrogen-bond acceptors (Lipinski definition) is 6. The predicted molar refractivity (Wildman–Crippen MR) is 123 cm³/mol. The summed E-state index contributed by atoms with van der Waals surface area (Å²) < 4.78 is 47.5. The van der Waals surface area contributed by atoms with Crippen LogP contribution in [-0.4, -0.2) is 61.0 Å². The van der Waals surface area contributed by atoms with E-state index in [1.165, 1.54) is 55.6 Å². The maximum Gasteiger partial charge on any atom is 0.252 e. The highest BCUT2D eigenvalue weighted by molar-refractivity contribution is 6.14. The molecule has 178 valence electrons. The Kier molecular flexibility index (Phi) is 8.52. The number of H-pyrrole nitrogens is 1. The molecule has 8 nitrogen and oxygen atoms in total. The van der Waals surface area contributed by atoms with E-state index in [1.54, 1.807) is 0 Å². The Bertz CT molecular complexity index is 1150. The van der Waals surface area contributed by atoms with E-state index in [0.29, 0.717) is 11.3 Å². The maximum absolute atomic E-state index is 14.8. The second kappa shape index (κ2) is 11.8. The monoisotopic (exact) mass is 472 g/mol. The molecular weight excluding hydrogens is 449 g/mol. The molecule has 1 heterocycles. The van der Waals surface area contributed by atoms with Crippen LogP contribution in [0.25, 0.3) is 22.5 Å². The van der Waals surface area contributed by atoms with Crippen LogP contribution in [0, 0.1) is 17.0 Å². The number of nitrogens with one attached hydrogen (secondary N) is 4. The van der Waals surface area contributed by atoms with Gasteiger partial charge in [-0.15, -0.1) is 0 Å². The third-order valence-corrected chi connectivity index (χ3v) is 4.88. The van der Waals surface area contributed by atoms with Crippen molar-refractivity contribution in [3.63, 3.8) is 0 Å². The zero-order chi connectivity index (χ0) is 24.5. The lowest BCUT2D eigenvalue weighted by atomic mass is 10.0. The number of ether oxygens (including phenoxy) is 1. The van der Waals surface area contributed by atoms with E-state index in [2.05, 4.69) is 26.0 Å². The first kappa shape index (κ1) is 24.6. The van der Waals surface area contributed by atoms with Gasteiger partial charge in [0, 0.05) is 24.5 Å². The molecule has 0 bridgehead atoms. The lowest BCUT2D eigenvalue weighted by Gasteiger charge is -2.22. The number of carbonyl (C=O) groups is 1. The summed E-state index contributed by atoms with van der Waals surface area (Å²) in [5.74, 6) is -1.80. The van der Waals surface area contributed by atoms with Gasteiger partial charge in [-0.1, -0.05) is 6.07 Å². The number of hydrogen-bond donors (Lipinski definition) is 4. The molecule has 0 saturated heterocycles. The van der Waals surface area contributed by atoms with Crippen LogP contribution in [0.3, 0.4) is 0 Å². The average molecular weight is 472 g/mol. The molecule has 34 heavy (non-hydrogen) atoms. The number of nitrogens with zero attached hydrogens (tertiary/aromatic N) is 2. The van der Waals surface area contributed by atoms with Crippen LogP contribution in [0.1, 0.15) is 10.4 Å². The van der Waals surface area contributed by atoms with E-state index in [-0.39, 0.29) is 30.0 Å². The molecule has 11 heteroatoms. The lowest BCUT2D eigenvalue weighted by molar-refractivity contribution is 0.0797. The van der Waals surface area contributed by atoms with Gasteiger partial charge in [-0.25, -0.2) is 13.2 Å². The van der Waals surface area contributed by atoms with Crippen molar-refractivity contribution in [2.45, 2.75) is 12.2 Å². The summed E-state index contributed by atoms with van der Waals surface area (Å²) in [6.45, 7) is -0.372. The number of aromatic amines is 1. The number of benzene rings is 2. The fraction of sp³-hybridized carbons (Fsp3) is 0.217. The molecule has 4 N–H and O–H groups in total. The third-order valence-electron chi connectivity index (χ3n) is 4.88. The summed E-state index contributed by atoms with van der Waals surface area (Å²) in [5, 5.41) is 20.0. The van der Waals surface area contributed by atoms with Gasteiger partial charge in [-0.05, 0) is 42.5 Å². The van der Waals surface area contributed by atoms with Crippen LogP contribution in [-0.2, 0) is 4.74 Å². The van der Waals surface area contributed by atoms with Crippen LogP contribution < -0.4 is 10.7 Å². The number of aromatic nitrogens is 2. The minimum absolute atomic E-state index is 0.0353. The summed E-state index contributed by atoms with van der Waals surface area (Å²) in [7, 11) is 1.33. The van der Waals surface area contributed by atoms with E-state index in [4.69, 9.17) is 10.1 Å². The number of halogens is 3. The standard InChI is InChI=1S/C23H23F3N6O2/c1-34-13-18(26)21(12-29-28-10-9-27)30-23(33)16-3-2-4-17(25)22(16)20-11-19(31-32-20)14-5-7-15(24)8-6-14/h2-11,18,21,27,29H,12-13H2,1H3,(H,30,33)(H,31,32)/b27-9?,28-10-/t18-,21+/m0/s1. The van der Waals surface area contributed by atoms with Crippen LogP contribution in [0.15, 0.2) is 53.6 Å². The summed E-state index contributed by atoms with van der Waals surface area (Å²) >= 11 is 0. The maximum atomic E-state index is 14.8. The quantitative estimate of drug-likeness (QED) is 0.253. The summed E-state index contributed by atoms with van der Waals surface area (Å²) in [6, 6.07) is 10.1. The number of methoxy groups -OCH3 is 1. The fourth-order valence-corrected chi connectivity index (χ4v) is 3.24. The van der Waals surface area contributed by atoms with Gasteiger partial charge < -0.3 is 20.9 Å². The van der Waals surface area contributed by atoms with Crippen molar-refractivity contribution in [3.8, 4) is 22.5 Å². The summed E-state index contributed by atoms with van der Waals surface area (Å²) in [6.07, 6.45) is 0.516. The van der Waals surface area contributed by atoms with Gasteiger partial charge in [0.25, 0.3) is 5.91 Å². The molecule has 0 fully saturated rings. The zero-order valence-corrected chi connectivity index (χ0v) is 18.2. The smallest absolute Gasteiger partial charge is 0.252 e. The Morgan fingerprint density at radius 2 is 2.03 bits per heavy atom. The zero-order valence-electron chi connectivity index (χ0n) is 18.2. The lowest BCUT2D eigenvalue weighted by Crippen LogP contribution is -2.48. The molecule has 0 aliphatic rings. The molecule has 0 spiro atoms. The predicted octanol–water partition coefficient (Wildman–Crippen LogP) is 3.33. The molecule has 3 aromatic rings. The van der Waals surface area contributed by atoms with Crippen LogP contribution in [0.5, 0.6) is 0 Å². The van der Waals surface area contributed by atoms with Crippen LogP contribution in [0.2, 0.25) is 0 Å². The third kappa shape index (κ3) is 6.07. The van der Waals surface area contributed by atoms with Crippen molar-refractivity contribution in [1.29, 1.82) is 5.41 Å². The number of alkyl halides is 1. The Morgan fingerprint density at radius 1 is 1.26 bits per heavy atom. The van der Waals surface area contributed by atoms with Crippen molar-refractivity contribution >= 4 is 18.3 Å². The Hall–Kier alpha value is -3.99. The van der Waals surface area contributed by atoms with Gasteiger partial charge in [0.15, 0.2) is 0 Å². The highest BCUT2D eigenvalue weighted by atomic mass is 19.1. The van der Waals surface area contributed by atoms with E-state index in [0.717, 1.165) is 12.4 Å². The van der Waals surface area contributed by atoms with Gasteiger partial charge in [0.2, 0.25) is 0 Å². The largest absolute Gasteiger partial charge is 0.382 e. The molecule has 1 amide bonds. The van der Waals surface area contributed by atoms with Gasteiger partial charge >= 0.3 is 0 Å². The van der Waals surface area contributed by atoms with Gasteiger partial charge in [-0.2, -0.15) is 10.2 Å². The van der Waals surface area contributed by atoms with E-state index >= 15 is 0 Å². The number of amides is 1. The molecule has 0 aliphatic carbocycles. The highest BCUT2D eigenvalue weighted by Crippen LogP contribution is 2.29. The topological polar surface area (TPSA) is 115 Å². The Labute approximate surface area is 193 Å². The molecular formula is C23H23F3N6O2. The number of carbonyl (C=O) groups excluding carboxylic acids is 1. The molecule has 0 saturated carbocycles. The van der Waals surface area contributed by atoms with E-state index in [1.807, 2.05) is 0 Å². The van der Waals surface area contributed by atoms with Crippen molar-refractivity contribution in [2.75, 3.05) is 20.3 Å². The Balaban J connectivity index is 1.88. The van der Waals surface area contributed by atoms with Crippen molar-refractivity contribution < 1.29 is 22.7 Å². The van der Waals surface area contributed by atoms with Crippen molar-refractivity contribution in [3.05, 3.63) is 65.7 Å².